The topological polar surface area (TPSA) is 74.9 Å². The number of aliphatic hydroxyl groups excluding tert-OH is 1. The highest BCUT2D eigenvalue weighted by atomic mass is 35.5. The molecule has 156 valence electrons. The van der Waals surface area contributed by atoms with Gasteiger partial charge in [-0.25, -0.2) is 0 Å². The Labute approximate surface area is 183 Å². The largest absolute Gasteiger partial charge is 0.394 e. The van der Waals surface area contributed by atoms with Crippen molar-refractivity contribution < 1.29 is 9.90 Å². The lowest BCUT2D eigenvalue weighted by Crippen LogP contribution is -2.38. The minimum Gasteiger partial charge on any atom is -0.394 e. The van der Waals surface area contributed by atoms with Gasteiger partial charge >= 0.3 is 0 Å². The van der Waals surface area contributed by atoms with E-state index in [-0.39, 0.29) is 24.1 Å². The van der Waals surface area contributed by atoms with E-state index in [2.05, 4.69) is 5.10 Å². The summed E-state index contributed by atoms with van der Waals surface area (Å²) >= 11 is 6.25. The minimum absolute atomic E-state index is 0.0905. The van der Waals surface area contributed by atoms with Crippen LogP contribution in [-0.2, 0) is 0 Å². The minimum atomic E-state index is -0.306. The maximum absolute atomic E-state index is 13.7. The number of carbonyl (C=O) groups excluding carboxylic acids is 1. The zero-order valence-electron chi connectivity index (χ0n) is 16.7. The summed E-state index contributed by atoms with van der Waals surface area (Å²) < 4.78 is 1.29. The lowest BCUT2D eigenvalue weighted by atomic mass is 10.0. The summed E-state index contributed by atoms with van der Waals surface area (Å²) in [5.74, 6) is -0.222. The maximum atomic E-state index is 13.7. The second-order valence-electron chi connectivity index (χ2n) is 7.76. The van der Waals surface area contributed by atoms with Crippen LogP contribution in [0.4, 0.5) is 0 Å². The van der Waals surface area contributed by atoms with Crippen LogP contribution in [-0.4, -0.2) is 44.7 Å². The molecule has 2 aromatic heterocycles. The predicted molar refractivity (Wildman–Crippen MR) is 121 cm³/mol. The Balaban J connectivity index is 1.86. The molecule has 0 radical (unpaired) electrons. The number of pyridine rings is 1. The molecule has 1 saturated heterocycles. The van der Waals surface area contributed by atoms with E-state index in [1.54, 1.807) is 29.3 Å². The van der Waals surface area contributed by atoms with Gasteiger partial charge in [-0.2, -0.15) is 9.61 Å². The first-order chi connectivity index (χ1) is 15.1. The molecule has 1 N–H and O–H groups in total. The summed E-state index contributed by atoms with van der Waals surface area (Å²) in [5.41, 5.74) is 1.61. The number of aromatic nitrogens is 2. The summed E-state index contributed by atoms with van der Waals surface area (Å²) in [4.78, 5) is 28.8. The number of carbonyl (C=O) groups is 1. The highest BCUT2D eigenvalue weighted by Crippen LogP contribution is 2.29. The van der Waals surface area contributed by atoms with Gasteiger partial charge in [0.25, 0.3) is 11.5 Å². The van der Waals surface area contributed by atoms with E-state index in [0.717, 1.165) is 18.2 Å². The Bertz CT molecular complexity index is 1370. The van der Waals surface area contributed by atoms with Crippen molar-refractivity contribution in [1.29, 1.82) is 0 Å². The van der Waals surface area contributed by atoms with Gasteiger partial charge < -0.3 is 10.0 Å². The molecule has 1 atom stereocenters. The van der Waals surface area contributed by atoms with Gasteiger partial charge in [0, 0.05) is 27.9 Å². The first kappa shape index (κ1) is 19.7. The van der Waals surface area contributed by atoms with Crippen molar-refractivity contribution in [1.82, 2.24) is 14.5 Å². The number of fused-ring (bicyclic) bond motifs is 3. The number of halogens is 1. The summed E-state index contributed by atoms with van der Waals surface area (Å²) in [6, 6.07) is 16.0. The molecule has 7 heteroatoms. The van der Waals surface area contributed by atoms with E-state index >= 15 is 0 Å². The van der Waals surface area contributed by atoms with Gasteiger partial charge in [0.1, 0.15) is 0 Å². The fourth-order valence-electron chi connectivity index (χ4n) is 4.37. The van der Waals surface area contributed by atoms with Gasteiger partial charge in [0.15, 0.2) is 0 Å². The average Bonchev–Trinajstić information content (AvgIpc) is 3.28. The van der Waals surface area contributed by atoms with Crippen LogP contribution in [0.15, 0.2) is 65.6 Å². The summed E-state index contributed by atoms with van der Waals surface area (Å²) in [6.07, 6.45) is 3.19. The van der Waals surface area contributed by atoms with Crippen molar-refractivity contribution in [3.63, 3.8) is 0 Å². The second-order valence-corrected chi connectivity index (χ2v) is 8.19. The van der Waals surface area contributed by atoms with E-state index in [1.807, 2.05) is 36.4 Å². The number of benzene rings is 2. The molecule has 31 heavy (non-hydrogen) atoms. The summed E-state index contributed by atoms with van der Waals surface area (Å²) in [7, 11) is 0. The number of rotatable bonds is 3. The standard InChI is InChI=1S/C24H20ClN3O3/c25-17-9-8-16-13-26-28-22(19(16)11-17)21(23(30)27-10-4-7-18(27)14-29)12-20(24(28)31)15-5-2-1-3-6-15/h1-3,5-6,8-9,11-13,18,29H,4,7,10,14H2/t18-/m0/s1. The molecular formula is C24H20ClN3O3. The Hall–Kier alpha value is -3.22. The van der Waals surface area contributed by atoms with Crippen molar-refractivity contribution >= 4 is 33.8 Å². The predicted octanol–water partition coefficient (Wildman–Crippen LogP) is 3.77. The molecule has 4 aromatic rings. The van der Waals surface area contributed by atoms with Crippen molar-refractivity contribution in [2.75, 3.05) is 13.2 Å². The quantitative estimate of drug-likeness (QED) is 0.499. The van der Waals surface area contributed by atoms with Gasteiger partial charge in [-0.05, 0) is 36.6 Å². The van der Waals surface area contributed by atoms with Crippen LogP contribution < -0.4 is 5.56 Å². The second kappa shape index (κ2) is 7.80. The molecular weight excluding hydrogens is 414 g/mol. The first-order valence-corrected chi connectivity index (χ1v) is 10.6. The van der Waals surface area contributed by atoms with Gasteiger partial charge in [-0.1, -0.05) is 48.0 Å². The monoisotopic (exact) mass is 433 g/mol. The zero-order valence-corrected chi connectivity index (χ0v) is 17.4. The Kier molecular flexibility index (Phi) is 4.96. The molecule has 5 rings (SSSR count). The zero-order chi connectivity index (χ0) is 21.5. The molecule has 1 aliphatic rings. The van der Waals surface area contributed by atoms with Crippen LogP contribution in [0.1, 0.15) is 23.2 Å². The molecule has 0 unspecified atom stereocenters. The van der Waals surface area contributed by atoms with Crippen LogP contribution in [0.25, 0.3) is 27.4 Å². The number of hydrogen-bond acceptors (Lipinski definition) is 4. The fraction of sp³-hybridized carbons (Fsp3) is 0.208. The number of nitrogens with zero attached hydrogens (tertiary/aromatic N) is 3. The van der Waals surface area contributed by atoms with Crippen molar-refractivity contribution in [3.05, 3.63) is 81.7 Å². The van der Waals surface area contributed by atoms with Gasteiger partial charge in [-0.15, -0.1) is 0 Å². The van der Waals surface area contributed by atoms with Crippen molar-refractivity contribution in [3.8, 4) is 11.1 Å². The molecule has 0 saturated carbocycles. The van der Waals surface area contributed by atoms with E-state index in [9.17, 15) is 14.7 Å². The lowest BCUT2D eigenvalue weighted by molar-refractivity contribution is 0.0679. The van der Waals surface area contributed by atoms with Crippen molar-refractivity contribution in [2.24, 2.45) is 0 Å². The number of hydrogen-bond donors (Lipinski definition) is 1. The number of aliphatic hydroxyl groups is 1. The van der Waals surface area contributed by atoms with Crippen LogP contribution in [0.5, 0.6) is 0 Å². The Morgan fingerprint density at radius 1 is 1.16 bits per heavy atom. The third-order valence-electron chi connectivity index (χ3n) is 5.93. The van der Waals surface area contributed by atoms with Crippen LogP contribution in [0.3, 0.4) is 0 Å². The molecule has 0 bridgehead atoms. The van der Waals surface area contributed by atoms with Crippen LogP contribution in [0, 0.1) is 0 Å². The van der Waals surface area contributed by atoms with E-state index in [1.165, 1.54) is 4.52 Å². The van der Waals surface area contributed by atoms with E-state index in [4.69, 9.17) is 11.6 Å². The van der Waals surface area contributed by atoms with Crippen LogP contribution >= 0.6 is 11.6 Å². The van der Waals surface area contributed by atoms with Gasteiger partial charge in [0.05, 0.1) is 29.9 Å². The van der Waals surface area contributed by atoms with Crippen molar-refractivity contribution in [2.45, 2.75) is 18.9 Å². The molecule has 6 nitrogen and oxygen atoms in total. The SMILES string of the molecule is O=C(c1cc(-c2ccccc2)c(=O)n2ncc3ccc(Cl)cc3c12)N1CCC[C@H]1CO. The third-order valence-corrected chi connectivity index (χ3v) is 6.16. The highest BCUT2D eigenvalue weighted by Gasteiger charge is 2.31. The molecule has 0 spiro atoms. The third kappa shape index (κ3) is 3.28. The first-order valence-electron chi connectivity index (χ1n) is 10.2. The normalized spacial score (nSPS) is 16.3. The van der Waals surface area contributed by atoms with E-state index in [0.29, 0.717) is 39.2 Å². The van der Waals surface area contributed by atoms with Crippen LogP contribution in [0.2, 0.25) is 5.02 Å². The number of likely N-dealkylation sites (tertiary alicyclic amines) is 1. The lowest BCUT2D eigenvalue weighted by Gasteiger charge is -2.24. The summed E-state index contributed by atoms with van der Waals surface area (Å²) in [5, 5.41) is 16.1. The molecule has 1 amide bonds. The Morgan fingerprint density at radius 2 is 1.97 bits per heavy atom. The maximum Gasteiger partial charge on any atom is 0.279 e. The molecule has 3 heterocycles. The summed E-state index contributed by atoms with van der Waals surface area (Å²) in [6.45, 7) is 0.474. The number of amides is 1. The Morgan fingerprint density at radius 3 is 2.74 bits per heavy atom. The highest BCUT2D eigenvalue weighted by molar-refractivity contribution is 6.31. The molecule has 0 aliphatic carbocycles. The molecule has 2 aromatic carbocycles. The molecule has 1 fully saturated rings. The average molecular weight is 434 g/mol. The van der Waals surface area contributed by atoms with E-state index < -0.39 is 0 Å². The van der Waals surface area contributed by atoms with Gasteiger partial charge in [-0.3, -0.25) is 9.59 Å². The fourth-order valence-corrected chi connectivity index (χ4v) is 4.55. The van der Waals surface area contributed by atoms with Gasteiger partial charge in [0.2, 0.25) is 0 Å². The molecule has 1 aliphatic heterocycles. The smallest absolute Gasteiger partial charge is 0.279 e.